The quantitative estimate of drug-likeness (QED) is 0.449. The van der Waals surface area contributed by atoms with E-state index in [2.05, 4.69) is 31.1 Å². The van der Waals surface area contributed by atoms with Gasteiger partial charge in [0.25, 0.3) is 0 Å². The van der Waals surface area contributed by atoms with E-state index in [1.807, 2.05) is 0 Å². The lowest BCUT2D eigenvalue weighted by atomic mass is 10.2. The van der Waals surface area contributed by atoms with E-state index in [4.69, 9.17) is 46.4 Å². The Morgan fingerprint density at radius 3 is 1.48 bits per heavy atom. The Hall–Kier alpha value is -2.26. The molecule has 2 heterocycles. The van der Waals surface area contributed by atoms with Gasteiger partial charge in [0, 0.05) is 0 Å². The van der Waals surface area contributed by atoms with Crippen molar-refractivity contribution < 1.29 is 0 Å². The number of alkyl halides is 2. The van der Waals surface area contributed by atoms with Crippen LogP contribution >= 0.6 is 46.4 Å². The number of halogens is 4. The molecule has 4 aromatic rings. The number of benzene rings is 2. The highest BCUT2D eigenvalue weighted by Gasteiger charge is 2.42. The zero-order chi connectivity index (χ0) is 19.0. The largest absolute Gasteiger partial charge is 0.240 e. The summed E-state index contributed by atoms with van der Waals surface area (Å²) in [6.45, 7) is 0. The van der Waals surface area contributed by atoms with Gasteiger partial charge in [-0.25, -0.2) is 0 Å². The number of hydrogen-bond acceptors (Lipinski definition) is 6. The molecule has 0 N–H and O–H groups in total. The minimum Gasteiger partial charge on any atom is -0.192 e. The van der Waals surface area contributed by atoms with Crippen LogP contribution in [0.3, 0.4) is 0 Å². The molecule has 136 valence electrons. The van der Waals surface area contributed by atoms with Gasteiger partial charge in [-0.2, -0.15) is 9.36 Å². The monoisotopic (exact) mass is 440 g/mol. The highest BCUT2D eigenvalue weighted by molar-refractivity contribution is 6.49. The molecule has 27 heavy (non-hydrogen) atoms. The first-order chi connectivity index (χ1) is 13.0. The smallest absolute Gasteiger partial charge is 0.192 e. The Bertz CT molecular complexity index is 1020. The Labute approximate surface area is 172 Å². The van der Waals surface area contributed by atoms with Crippen molar-refractivity contribution in [3.05, 3.63) is 70.2 Å². The van der Waals surface area contributed by atoms with Gasteiger partial charge in [-0.1, -0.05) is 70.7 Å². The minimum absolute atomic E-state index is 0.0713. The molecule has 2 aromatic heterocycles. The average Bonchev–Trinajstić information content (AvgIpc) is 3.33. The molecule has 2 aromatic carbocycles. The van der Waals surface area contributed by atoms with Crippen molar-refractivity contribution in [3.8, 4) is 11.4 Å². The second-order valence-electron chi connectivity index (χ2n) is 5.31. The normalized spacial score (nSPS) is 11.7. The van der Waals surface area contributed by atoms with Crippen LogP contribution in [0.25, 0.3) is 11.4 Å². The van der Waals surface area contributed by atoms with Crippen LogP contribution in [0.15, 0.2) is 48.5 Å². The van der Waals surface area contributed by atoms with Gasteiger partial charge >= 0.3 is 0 Å². The summed E-state index contributed by atoms with van der Waals surface area (Å²) in [6.07, 6.45) is 0. The summed E-state index contributed by atoms with van der Waals surface area (Å²) in [4.78, 5) is 0. The second-order valence-corrected chi connectivity index (χ2v) is 7.45. The number of para-hydroxylation sites is 2. The molecule has 0 unspecified atom stereocenters. The van der Waals surface area contributed by atoms with Gasteiger partial charge in [-0.3, -0.25) is 0 Å². The number of nitrogens with zero attached hydrogens (tertiary/aromatic N) is 8. The van der Waals surface area contributed by atoms with E-state index in [0.717, 1.165) is 0 Å². The van der Waals surface area contributed by atoms with Gasteiger partial charge in [0.15, 0.2) is 0 Å². The maximum Gasteiger partial charge on any atom is 0.240 e. The Morgan fingerprint density at radius 1 is 0.667 bits per heavy atom. The molecule has 0 saturated carbocycles. The van der Waals surface area contributed by atoms with Gasteiger partial charge in [-0.05, 0) is 45.1 Å². The van der Waals surface area contributed by atoms with Crippen molar-refractivity contribution in [1.29, 1.82) is 0 Å². The first-order valence-corrected chi connectivity index (χ1v) is 8.96. The zero-order valence-electron chi connectivity index (χ0n) is 13.2. The summed E-state index contributed by atoms with van der Waals surface area (Å²) in [7, 11) is 0. The molecule has 0 saturated heterocycles. The summed E-state index contributed by atoms with van der Waals surface area (Å²) in [5.41, 5.74) is 1.00. The van der Waals surface area contributed by atoms with Gasteiger partial charge in [0.05, 0.1) is 21.4 Å². The lowest BCUT2D eigenvalue weighted by Gasteiger charge is -2.18. The fraction of sp³-hybridized carbons (Fsp3) is 0.0667. The van der Waals surface area contributed by atoms with E-state index in [1.165, 1.54) is 9.36 Å². The summed E-state index contributed by atoms with van der Waals surface area (Å²) < 4.78 is 0.854. The first kappa shape index (κ1) is 18.1. The molecule has 0 atom stereocenters. The predicted molar refractivity (Wildman–Crippen MR) is 101 cm³/mol. The van der Waals surface area contributed by atoms with Gasteiger partial charge in [-0.15, -0.1) is 10.2 Å². The zero-order valence-corrected chi connectivity index (χ0v) is 16.2. The van der Waals surface area contributed by atoms with Gasteiger partial charge < -0.3 is 0 Å². The van der Waals surface area contributed by atoms with Crippen LogP contribution in [0.1, 0.15) is 11.6 Å². The molecule has 0 aliphatic heterocycles. The average molecular weight is 442 g/mol. The molecular formula is C15H8Cl4N8. The molecule has 4 rings (SSSR count). The summed E-state index contributed by atoms with van der Waals surface area (Å²) in [5.74, 6) is 0.143. The van der Waals surface area contributed by atoms with E-state index in [9.17, 15) is 0 Å². The molecule has 0 aliphatic rings. The molecule has 0 aliphatic carbocycles. The van der Waals surface area contributed by atoms with Crippen LogP contribution < -0.4 is 0 Å². The molecule has 0 spiro atoms. The SMILES string of the molecule is Clc1ccccc1-n1nnnc1C(Cl)(Cl)c1nnnn1-c1ccccc1Cl. The Kier molecular flexibility index (Phi) is 4.73. The lowest BCUT2D eigenvalue weighted by molar-refractivity contribution is 0.704. The van der Waals surface area contributed by atoms with Crippen molar-refractivity contribution in [2.24, 2.45) is 0 Å². The van der Waals surface area contributed by atoms with Crippen molar-refractivity contribution in [3.63, 3.8) is 0 Å². The number of rotatable bonds is 4. The minimum atomic E-state index is -1.80. The van der Waals surface area contributed by atoms with E-state index in [-0.39, 0.29) is 11.6 Å². The van der Waals surface area contributed by atoms with Crippen LogP contribution in [0, 0.1) is 0 Å². The van der Waals surface area contributed by atoms with Crippen LogP contribution in [0.5, 0.6) is 0 Å². The molecule has 8 nitrogen and oxygen atoms in total. The first-order valence-electron chi connectivity index (χ1n) is 7.45. The van der Waals surface area contributed by atoms with Crippen molar-refractivity contribution in [2.75, 3.05) is 0 Å². The maximum absolute atomic E-state index is 6.64. The highest BCUT2D eigenvalue weighted by Crippen LogP contribution is 2.40. The van der Waals surface area contributed by atoms with Gasteiger partial charge in [0.1, 0.15) is 0 Å². The van der Waals surface area contributed by atoms with Crippen molar-refractivity contribution in [1.82, 2.24) is 40.4 Å². The molecular weight excluding hydrogens is 434 g/mol. The summed E-state index contributed by atoms with van der Waals surface area (Å²) in [5, 5.41) is 24.0. The standard InChI is InChI=1S/C15H8Cl4N8/c16-9-5-1-3-7-11(9)26-13(20-22-24-26)15(18,19)14-21-23-25-27(14)12-8-4-2-6-10(12)17/h1-8H. The van der Waals surface area contributed by atoms with Gasteiger partial charge in [0.2, 0.25) is 16.0 Å². The number of tetrazole rings is 2. The Morgan fingerprint density at radius 2 is 1.07 bits per heavy atom. The van der Waals surface area contributed by atoms with E-state index >= 15 is 0 Å². The summed E-state index contributed by atoms with van der Waals surface area (Å²) in [6, 6.07) is 14.0. The number of aromatic nitrogens is 8. The summed E-state index contributed by atoms with van der Waals surface area (Å²) >= 11 is 25.8. The number of hydrogen-bond donors (Lipinski definition) is 0. The third-order valence-electron chi connectivity index (χ3n) is 3.66. The van der Waals surface area contributed by atoms with Crippen molar-refractivity contribution in [2.45, 2.75) is 4.33 Å². The van der Waals surface area contributed by atoms with E-state index in [1.54, 1.807) is 48.5 Å². The third-order valence-corrected chi connectivity index (χ3v) is 4.98. The molecule has 0 radical (unpaired) electrons. The topological polar surface area (TPSA) is 87.2 Å². The fourth-order valence-electron chi connectivity index (χ4n) is 2.44. The Balaban J connectivity index is 1.86. The molecule has 0 bridgehead atoms. The maximum atomic E-state index is 6.64. The van der Waals surface area contributed by atoms with E-state index in [0.29, 0.717) is 21.4 Å². The fourth-order valence-corrected chi connectivity index (χ4v) is 3.34. The van der Waals surface area contributed by atoms with Crippen LogP contribution in [0.4, 0.5) is 0 Å². The molecule has 0 amide bonds. The predicted octanol–water partition coefficient (Wildman–Crippen LogP) is 3.62. The van der Waals surface area contributed by atoms with Crippen molar-refractivity contribution >= 4 is 46.4 Å². The van der Waals surface area contributed by atoms with E-state index < -0.39 is 4.33 Å². The third kappa shape index (κ3) is 3.14. The van der Waals surface area contributed by atoms with Crippen LogP contribution in [0.2, 0.25) is 10.0 Å². The second kappa shape index (κ2) is 7.05. The van der Waals surface area contributed by atoms with Crippen LogP contribution in [-0.2, 0) is 4.33 Å². The lowest BCUT2D eigenvalue weighted by Crippen LogP contribution is -2.24. The molecule has 0 fully saturated rings. The van der Waals surface area contributed by atoms with Crippen LogP contribution in [-0.4, -0.2) is 40.4 Å². The molecule has 12 heteroatoms. The highest BCUT2D eigenvalue weighted by atomic mass is 35.5.